The Morgan fingerprint density at radius 3 is 1.19 bits per heavy atom. The van der Waals surface area contributed by atoms with Gasteiger partial charge >= 0.3 is 12.3 Å². The van der Waals surface area contributed by atoms with Crippen molar-refractivity contribution >= 4 is 12.3 Å². The minimum atomic E-state index is -1.45. The summed E-state index contributed by atoms with van der Waals surface area (Å²) >= 11 is 0. The largest absolute Gasteiger partial charge is 0.505 e. The number of hydrogen-bond acceptors (Lipinski definition) is 4. The van der Waals surface area contributed by atoms with Crippen molar-refractivity contribution < 1.29 is 29.3 Å². The first kappa shape index (κ1) is 13.8. The summed E-state index contributed by atoms with van der Waals surface area (Å²) in [6.07, 6.45) is -2.90. The fourth-order valence-electron chi connectivity index (χ4n) is 0.643. The van der Waals surface area contributed by atoms with E-state index in [0.717, 1.165) is 0 Å². The molecule has 0 aliphatic carbocycles. The zero-order valence-corrected chi connectivity index (χ0v) is 8.41. The van der Waals surface area contributed by atoms with E-state index in [-0.39, 0.29) is 13.2 Å². The molecule has 6 heteroatoms. The SMILES string of the molecule is O=C(O)OCCOC(=O)O.c1ccccc1. The quantitative estimate of drug-likeness (QED) is 0.607. The minimum absolute atomic E-state index is 0.276. The highest BCUT2D eigenvalue weighted by molar-refractivity contribution is 5.57. The number of rotatable bonds is 3. The highest BCUT2D eigenvalue weighted by atomic mass is 16.7. The summed E-state index contributed by atoms with van der Waals surface area (Å²) in [7, 11) is 0. The van der Waals surface area contributed by atoms with Crippen LogP contribution in [0.25, 0.3) is 0 Å². The van der Waals surface area contributed by atoms with Gasteiger partial charge in [-0.05, 0) is 0 Å². The molecule has 1 aromatic rings. The van der Waals surface area contributed by atoms with Crippen LogP contribution in [0.1, 0.15) is 0 Å². The third-order valence-corrected chi connectivity index (χ3v) is 1.20. The molecule has 1 rings (SSSR count). The Hall–Kier alpha value is -2.24. The molecule has 0 spiro atoms. The summed E-state index contributed by atoms with van der Waals surface area (Å²) in [5.41, 5.74) is 0. The Morgan fingerprint density at radius 1 is 0.750 bits per heavy atom. The number of hydrogen-bond donors (Lipinski definition) is 2. The third kappa shape index (κ3) is 11.8. The number of benzene rings is 1. The predicted octanol–water partition coefficient (Wildman–Crippen LogP) is 2.06. The lowest BCUT2D eigenvalue weighted by Gasteiger charge is -1.98. The summed E-state index contributed by atoms with van der Waals surface area (Å²) < 4.78 is 7.84. The van der Waals surface area contributed by atoms with E-state index in [0.29, 0.717) is 0 Å². The zero-order valence-electron chi connectivity index (χ0n) is 8.41. The van der Waals surface area contributed by atoms with Crippen molar-refractivity contribution in [1.29, 1.82) is 0 Å². The molecule has 0 saturated heterocycles. The lowest BCUT2D eigenvalue weighted by atomic mass is 10.4. The van der Waals surface area contributed by atoms with Gasteiger partial charge in [0.1, 0.15) is 13.2 Å². The fourth-order valence-corrected chi connectivity index (χ4v) is 0.643. The molecule has 0 aliphatic heterocycles. The Morgan fingerprint density at radius 2 is 1.00 bits per heavy atom. The highest BCUT2D eigenvalue weighted by Crippen LogP contribution is 1.80. The van der Waals surface area contributed by atoms with Crippen LogP contribution < -0.4 is 0 Å². The molecular weight excluding hydrogens is 216 g/mol. The van der Waals surface area contributed by atoms with Crippen molar-refractivity contribution in [2.45, 2.75) is 0 Å². The molecule has 0 aromatic heterocycles. The summed E-state index contributed by atoms with van der Waals surface area (Å²) in [6, 6.07) is 12.0. The minimum Gasteiger partial charge on any atom is -0.450 e. The molecule has 0 radical (unpaired) electrons. The number of carboxylic acid groups (broad SMARTS) is 2. The smallest absolute Gasteiger partial charge is 0.450 e. The van der Waals surface area contributed by atoms with Crippen LogP contribution in [0.4, 0.5) is 9.59 Å². The second-order valence-corrected chi connectivity index (χ2v) is 2.38. The van der Waals surface area contributed by atoms with Crippen molar-refractivity contribution in [1.82, 2.24) is 0 Å². The van der Waals surface area contributed by atoms with Crippen LogP contribution in [0.5, 0.6) is 0 Å². The van der Waals surface area contributed by atoms with Crippen molar-refractivity contribution in [3.05, 3.63) is 36.4 Å². The molecule has 16 heavy (non-hydrogen) atoms. The van der Waals surface area contributed by atoms with Gasteiger partial charge in [-0.1, -0.05) is 36.4 Å². The van der Waals surface area contributed by atoms with Gasteiger partial charge in [0.2, 0.25) is 0 Å². The lowest BCUT2D eigenvalue weighted by Crippen LogP contribution is -2.10. The van der Waals surface area contributed by atoms with Crippen LogP contribution >= 0.6 is 0 Å². The summed E-state index contributed by atoms with van der Waals surface area (Å²) in [5, 5.41) is 15.7. The molecule has 0 unspecified atom stereocenters. The number of carbonyl (C=O) groups is 2. The highest BCUT2D eigenvalue weighted by Gasteiger charge is 1.98. The molecule has 0 bridgehead atoms. The summed E-state index contributed by atoms with van der Waals surface area (Å²) in [6.45, 7) is -0.552. The fraction of sp³-hybridized carbons (Fsp3) is 0.200. The van der Waals surface area contributed by atoms with Crippen molar-refractivity contribution in [3.8, 4) is 0 Å². The van der Waals surface area contributed by atoms with Gasteiger partial charge in [-0.2, -0.15) is 0 Å². The average molecular weight is 228 g/mol. The Balaban J connectivity index is 0.000000315. The molecule has 88 valence electrons. The van der Waals surface area contributed by atoms with Gasteiger partial charge in [0.25, 0.3) is 0 Å². The molecule has 0 saturated carbocycles. The standard InChI is InChI=1S/C6H6.C4H6O6/c1-2-4-6-5-3-1;5-3(6)9-1-2-10-4(7)8/h1-6H;1-2H2,(H,5,6)(H,7,8). The number of ether oxygens (including phenoxy) is 2. The van der Waals surface area contributed by atoms with Crippen LogP contribution in [-0.2, 0) is 9.47 Å². The first-order chi connectivity index (χ1) is 7.63. The van der Waals surface area contributed by atoms with Gasteiger partial charge in [0.05, 0.1) is 0 Å². The lowest BCUT2D eigenvalue weighted by molar-refractivity contribution is 0.0472. The van der Waals surface area contributed by atoms with Crippen LogP contribution in [0.2, 0.25) is 0 Å². The van der Waals surface area contributed by atoms with E-state index in [4.69, 9.17) is 10.2 Å². The molecule has 0 heterocycles. The zero-order chi connectivity index (χ0) is 12.2. The molecule has 0 fully saturated rings. The Labute approximate surface area is 92.0 Å². The van der Waals surface area contributed by atoms with E-state index in [1.807, 2.05) is 36.4 Å². The Kier molecular flexibility index (Phi) is 8.02. The van der Waals surface area contributed by atoms with E-state index in [2.05, 4.69) is 9.47 Å². The average Bonchev–Trinajstić information content (AvgIpc) is 2.27. The van der Waals surface area contributed by atoms with Crippen molar-refractivity contribution in [2.75, 3.05) is 13.2 Å². The van der Waals surface area contributed by atoms with E-state index in [1.54, 1.807) is 0 Å². The van der Waals surface area contributed by atoms with E-state index in [9.17, 15) is 9.59 Å². The van der Waals surface area contributed by atoms with Gasteiger partial charge < -0.3 is 19.7 Å². The van der Waals surface area contributed by atoms with Crippen LogP contribution in [0.15, 0.2) is 36.4 Å². The molecule has 2 N–H and O–H groups in total. The van der Waals surface area contributed by atoms with Gasteiger partial charge in [-0.15, -0.1) is 0 Å². The van der Waals surface area contributed by atoms with Gasteiger partial charge in [0, 0.05) is 0 Å². The maximum atomic E-state index is 9.62. The predicted molar refractivity (Wildman–Crippen MR) is 54.4 cm³/mol. The molecular formula is C10H12O6. The third-order valence-electron chi connectivity index (χ3n) is 1.20. The van der Waals surface area contributed by atoms with E-state index in [1.165, 1.54) is 0 Å². The summed E-state index contributed by atoms with van der Waals surface area (Å²) in [5.74, 6) is 0. The summed E-state index contributed by atoms with van der Waals surface area (Å²) in [4.78, 5) is 19.2. The van der Waals surface area contributed by atoms with Crippen molar-refractivity contribution in [2.24, 2.45) is 0 Å². The van der Waals surface area contributed by atoms with Gasteiger partial charge in [-0.25, -0.2) is 9.59 Å². The Bertz CT molecular complexity index is 255. The molecule has 1 aromatic carbocycles. The van der Waals surface area contributed by atoms with Gasteiger partial charge in [0.15, 0.2) is 0 Å². The maximum Gasteiger partial charge on any atom is 0.505 e. The first-order valence-electron chi connectivity index (χ1n) is 4.34. The van der Waals surface area contributed by atoms with Gasteiger partial charge in [-0.3, -0.25) is 0 Å². The normalized spacial score (nSPS) is 8.25. The van der Waals surface area contributed by atoms with Crippen molar-refractivity contribution in [3.63, 3.8) is 0 Å². The second kappa shape index (κ2) is 9.32. The molecule has 0 atom stereocenters. The molecule has 0 amide bonds. The van der Waals surface area contributed by atoms with Crippen LogP contribution in [0, 0.1) is 0 Å². The first-order valence-corrected chi connectivity index (χ1v) is 4.34. The van der Waals surface area contributed by atoms with E-state index >= 15 is 0 Å². The maximum absolute atomic E-state index is 9.62. The van der Waals surface area contributed by atoms with Crippen LogP contribution in [-0.4, -0.2) is 35.7 Å². The molecule has 6 nitrogen and oxygen atoms in total. The van der Waals surface area contributed by atoms with Crippen LogP contribution in [0.3, 0.4) is 0 Å². The topological polar surface area (TPSA) is 93.1 Å². The second-order valence-electron chi connectivity index (χ2n) is 2.38. The molecule has 0 aliphatic rings. The van der Waals surface area contributed by atoms with E-state index < -0.39 is 12.3 Å². The monoisotopic (exact) mass is 228 g/mol.